The molecular weight excluding hydrogens is 713 g/mol. The number of nitrogens with zero attached hydrogens (tertiary/aromatic N) is 2. The Morgan fingerprint density at radius 3 is 2.46 bits per heavy atom. The van der Waals surface area contributed by atoms with Gasteiger partial charge < -0.3 is 20.7 Å². The normalized spacial score (nSPS) is 14.5. The first kappa shape index (κ1) is 37.6. The molecule has 0 aliphatic carbocycles. The van der Waals surface area contributed by atoms with Crippen molar-refractivity contribution in [2.24, 2.45) is 0 Å². The van der Waals surface area contributed by atoms with Crippen molar-refractivity contribution in [1.29, 1.82) is 0 Å². The van der Waals surface area contributed by atoms with Crippen LogP contribution in [-0.2, 0) is 27.3 Å². The number of ether oxygens (including phenoxy) is 1. The van der Waals surface area contributed by atoms with Gasteiger partial charge in [-0.25, -0.2) is 9.78 Å². The number of hydrogen-bond acceptors (Lipinski definition) is 8. The van der Waals surface area contributed by atoms with E-state index in [0.29, 0.717) is 22.2 Å². The zero-order valence-electron chi connectivity index (χ0n) is 28.2. The molecule has 1 saturated heterocycles. The number of rotatable bonds is 12. The molecule has 4 aromatic rings. The lowest BCUT2D eigenvalue weighted by Crippen LogP contribution is -2.47. The predicted molar refractivity (Wildman–Crippen MR) is 203 cm³/mol. The summed E-state index contributed by atoms with van der Waals surface area (Å²) in [6.45, 7) is 7.90. The molecule has 0 spiro atoms. The number of anilines is 1. The number of thiazole rings is 1. The second kappa shape index (κ2) is 17.5. The molecule has 3 N–H and O–H groups in total. The molecule has 1 fully saturated rings. The van der Waals surface area contributed by atoms with Crippen LogP contribution < -0.4 is 16.0 Å². The van der Waals surface area contributed by atoms with Gasteiger partial charge in [-0.1, -0.05) is 83.5 Å². The number of carbonyl (C=O) groups excluding carboxylic acids is 3. The van der Waals surface area contributed by atoms with E-state index in [0.717, 1.165) is 59.2 Å². The Labute approximate surface area is 311 Å². The zero-order chi connectivity index (χ0) is 35.7. The van der Waals surface area contributed by atoms with E-state index in [4.69, 9.17) is 32.9 Å². The van der Waals surface area contributed by atoms with Gasteiger partial charge in [-0.3, -0.25) is 14.5 Å². The average molecular weight is 755 g/mol. The Morgan fingerprint density at radius 2 is 1.74 bits per heavy atom. The molecule has 3 amide bonds. The van der Waals surface area contributed by atoms with Crippen LogP contribution in [0.3, 0.4) is 0 Å². The van der Waals surface area contributed by atoms with Crippen LogP contribution in [0.5, 0.6) is 0 Å². The summed E-state index contributed by atoms with van der Waals surface area (Å²) in [6.07, 6.45) is 1.40. The first-order chi connectivity index (χ1) is 23.9. The van der Waals surface area contributed by atoms with Crippen molar-refractivity contribution < 1.29 is 19.1 Å². The number of nitrogens with one attached hydrogen (secondary N) is 3. The number of carbonyl (C=O) groups is 3. The Morgan fingerprint density at radius 1 is 0.980 bits per heavy atom. The third kappa shape index (κ3) is 11.7. The van der Waals surface area contributed by atoms with Gasteiger partial charge in [0.25, 0.3) is 0 Å². The van der Waals surface area contributed by atoms with Crippen molar-refractivity contribution >= 4 is 69.9 Å². The minimum atomic E-state index is -0.856. The Bertz CT molecular complexity index is 1770. The number of thioether (sulfide) groups is 1. The number of aromatic nitrogens is 1. The summed E-state index contributed by atoms with van der Waals surface area (Å²) in [4.78, 5) is 45.9. The maximum Gasteiger partial charge on any atom is 0.408 e. The van der Waals surface area contributed by atoms with Gasteiger partial charge in [-0.2, -0.15) is 0 Å². The van der Waals surface area contributed by atoms with Crippen molar-refractivity contribution in [2.45, 2.75) is 68.6 Å². The van der Waals surface area contributed by atoms with E-state index in [-0.39, 0.29) is 23.6 Å². The van der Waals surface area contributed by atoms with E-state index in [1.165, 1.54) is 23.1 Å². The van der Waals surface area contributed by atoms with Gasteiger partial charge in [-0.05, 0) is 69.0 Å². The Balaban J connectivity index is 1.11. The van der Waals surface area contributed by atoms with E-state index in [1.807, 2.05) is 72.1 Å². The minimum Gasteiger partial charge on any atom is -0.444 e. The Kier molecular flexibility index (Phi) is 13.2. The summed E-state index contributed by atoms with van der Waals surface area (Å²) in [6, 6.07) is 21.9. The van der Waals surface area contributed by atoms with Crippen molar-refractivity contribution in [2.75, 3.05) is 24.2 Å². The minimum absolute atomic E-state index is 0.00978. The van der Waals surface area contributed by atoms with Gasteiger partial charge in [0.15, 0.2) is 4.34 Å². The first-order valence-corrected chi connectivity index (χ1v) is 19.0. The molecule has 9 nitrogen and oxygen atoms in total. The SMILES string of the molecule is CC(C)(C)OC(=O)N[C@H](Cc1ccccc1)C(=O)Nc1cccc(-c2csc(SCC(=O)NC3CCN(Cc4ccc(Cl)c(Cl)c4)CC3)n2)c1. The van der Waals surface area contributed by atoms with Crippen molar-refractivity contribution in [1.82, 2.24) is 20.5 Å². The second-order valence-electron chi connectivity index (χ2n) is 13.1. The first-order valence-electron chi connectivity index (χ1n) is 16.4. The molecule has 264 valence electrons. The lowest BCUT2D eigenvalue weighted by Gasteiger charge is -2.32. The third-order valence-electron chi connectivity index (χ3n) is 7.87. The second-order valence-corrected chi connectivity index (χ2v) is 16.0. The smallest absolute Gasteiger partial charge is 0.408 e. The van der Waals surface area contributed by atoms with Gasteiger partial charge in [-0.15, -0.1) is 11.3 Å². The third-order valence-corrected chi connectivity index (χ3v) is 10.6. The van der Waals surface area contributed by atoms with Crippen LogP contribution in [0.25, 0.3) is 11.3 Å². The molecule has 0 saturated carbocycles. The molecule has 13 heteroatoms. The average Bonchev–Trinajstić information content (AvgIpc) is 3.55. The summed E-state index contributed by atoms with van der Waals surface area (Å²) in [5.41, 5.74) is 3.46. The number of likely N-dealkylation sites (tertiary alicyclic amines) is 1. The molecule has 0 unspecified atom stereocenters. The highest BCUT2D eigenvalue weighted by Gasteiger charge is 2.25. The predicted octanol–water partition coefficient (Wildman–Crippen LogP) is 8.06. The van der Waals surface area contributed by atoms with Gasteiger partial charge in [0, 0.05) is 48.7 Å². The summed E-state index contributed by atoms with van der Waals surface area (Å²) in [5.74, 6) is -0.0982. The molecule has 1 atom stereocenters. The Hall–Kier alpha value is -3.61. The summed E-state index contributed by atoms with van der Waals surface area (Å²) in [7, 11) is 0. The summed E-state index contributed by atoms with van der Waals surface area (Å²) < 4.78 is 6.20. The van der Waals surface area contributed by atoms with Crippen LogP contribution in [0, 0.1) is 0 Å². The van der Waals surface area contributed by atoms with Gasteiger partial charge in [0.05, 0.1) is 21.5 Å². The maximum absolute atomic E-state index is 13.4. The molecule has 0 radical (unpaired) electrons. The summed E-state index contributed by atoms with van der Waals surface area (Å²) >= 11 is 15.1. The molecule has 3 aromatic carbocycles. The highest BCUT2D eigenvalue weighted by atomic mass is 35.5. The maximum atomic E-state index is 13.4. The monoisotopic (exact) mass is 753 g/mol. The van der Waals surface area contributed by atoms with Crippen molar-refractivity contribution in [3.05, 3.63) is 99.3 Å². The van der Waals surface area contributed by atoms with Gasteiger partial charge >= 0.3 is 6.09 Å². The number of benzene rings is 3. The number of hydrogen-bond donors (Lipinski definition) is 3. The van der Waals surface area contributed by atoms with E-state index in [2.05, 4.69) is 20.9 Å². The number of halogens is 2. The molecule has 1 aromatic heterocycles. The molecule has 50 heavy (non-hydrogen) atoms. The lowest BCUT2D eigenvalue weighted by molar-refractivity contribution is -0.119. The fraction of sp³-hybridized carbons (Fsp3) is 0.351. The van der Waals surface area contributed by atoms with Crippen LogP contribution in [0.2, 0.25) is 10.0 Å². The highest BCUT2D eigenvalue weighted by Crippen LogP contribution is 2.30. The van der Waals surface area contributed by atoms with Crippen LogP contribution in [-0.4, -0.2) is 64.3 Å². The molecule has 5 rings (SSSR count). The fourth-order valence-electron chi connectivity index (χ4n) is 5.48. The zero-order valence-corrected chi connectivity index (χ0v) is 31.4. The largest absolute Gasteiger partial charge is 0.444 e. The van der Waals surface area contributed by atoms with Crippen molar-refractivity contribution in [3.63, 3.8) is 0 Å². The van der Waals surface area contributed by atoms with E-state index < -0.39 is 17.7 Å². The van der Waals surface area contributed by atoms with E-state index >= 15 is 0 Å². The van der Waals surface area contributed by atoms with Crippen LogP contribution in [0.15, 0.2) is 82.5 Å². The highest BCUT2D eigenvalue weighted by molar-refractivity contribution is 8.01. The summed E-state index contributed by atoms with van der Waals surface area (Å²) in [5, 5.41) is 11.9. The van der Waals surface area contributed by atoms with E-state index in [1.54, 1.807) is 26.8 Å². The standard InChI is InChI=1S/C37H41Cl2N5O4S2/c1-37(2,3)48-35(47)42-31(19-24-8-5-4-6-9-24)34(46)41-28-11-7-10-26(20-28)32-22-49-36(43-32)50-23-33(45)40-27-14-16-44(17-15-27)21-25-12-13-29(38)30(39)18-25/h4-13,18,20,22,27,31H,14-17,19,21,23H2,1-3H3,(H,40,45)(H,41,46)(H,42,47)/t31-/m1/s1. The molecular formula is C37H41Cl2N5O4S2. The van der Waals surface area contributed by atoms with Crippen LogP contribution in [0.4, 0.5) is 10.5 Å². The number of piperidine rings is 1. The van der Waals surface area contributed by atoms with Crippen molar-refractivity contribution in [3.8, 4) is 11.3 Å². The quantitative estimate of drug-likeness (QED) is 0.126. The number of amides is 3. The number of alkyl carbamates (subject to hydrolysis) is 1. The van der Waals surface area contributed by atoms with Gasteiger partial charge in [0.2, 0.25) is 11.8 Å². The fourth-order valence-corrected chi connectivity index (χ4v) is 7.45. The molecule has 1 aliphatic heterocycles. The van der Waals surface area contributed by atoms with Crippen LogP contribution in [0.1, 0.15) is 44.7 Å². The topological polar surface area (TPSA) is 113 Å². The molecule has 2 heterocycles. The lowest BCUT2D eigenvalue weighted by atomic mass is 10.0. The molecule has 1 aliphatic rings. The van der Waals surface area contributed by atoms with Crippen LogP contribution >= 0.6 is 46.3 Å². The van der Waals surface area contributed by atoms with E-state index in [9.17, 15) is 14.4 Å². The molecule has 0 bridgehead atoms. The van der Waals surface area contributed by atoms with Gasteiger partial charge in [0.1, 0.15) is 11.6 Å².